The third-order valence-electron chi connectivity index (χ3n) is 3.12. The summed E-state index contributed by atoms with van der Waals surface area (Å²) in [5.74, 6) is 0.0497. The summed E-state index contributed by atoms with van der Waals surface area (Å²) in [5, 5.41) is 6.95. The molecule has 3 nitrogen and oxygen atoms in total. The summed E-state index contributed by atoms with van der Waals surface area (Å²) < 4.78 is 0. The number of hydrogen-bond acceptors (Lipinski definition) is 2. The van der Waals surface area contributed by atoms with Crippen LogP contribution in [0.15, 0.2) is 24.3 Å². The van der Waals surface area contributed by atoms with Crippen molar-refractivity contribution in [3.05, 3.63) is 34.9 Å². The van der Waals surface area contributed by atoms with Crippen LogP contribution >= 0.6 is 11.6 Å². The maximum absolute atomic E-state index is 11.8. The third-order valence-corrected chi connectivity index (χ3v) is 3.36. The Kier molecular flexibility index (Phi) is 4.61. The molecule has 1 aromatic rings. The van der Waals surface area contributed by atoms with Crippen LogP contribution in [-0.4, -0.2) is 18.5 Å². The minimum atomic E-state index is 0.0391. The lowest BCUT2D eigenvalue weighted by Crippen LogP contribution is -2.36. The maximum atomic E-state index is 11.8. The first kappa shape index (κ1) is 13.4. The van der Waals surface area contributed by atoms with Crippen molar-refractivity contribution in [2.24, 2.45) is 0 Å². The van der Waals surface area contributed by atoms with Crippen LogP contribution in [0.3, 0.4) is 0 Å². The van der Waals surface area contributed by atoms with Crippen LogP contribution < -0.4 is 10.6 Å². The molecule has 0 saturated heterocycles. The molecule has 0 aliphatic heterocycles. The Bertz CT molecular complexity index is 418. The Hall–Kier alpha value is -1.06. The lowest BCUT2D eigenvalue weighted by atomic mass is 10.0. The molecular weight excluding hydrogens is 248 g/mol. The first-order valence-corrected chi connectivity index (χ1v) is 6.85. The molecule has 1 saturated carbocycles. The van der Waals surface area contributed by atoms with Crippen LogP contribution in [0.25, 0.3) is 0 Å². The first-order chi connectivity index (χ1) is 8.69. The summed E-state index contributed by atoms with van der Waals surface area (Å²) in [7, 11) is 0. The fourth-order valence-corrected chi connectivity index (χ4v) is 2.11. The van der Waals surface area contributed by atoms with E-state index in [4.69, 9.17) is 11.6 Å². The van der Waals surface area contributed by atoms with Crippen molar-refractivity contribution < 1.29 is 4.79 Å². The van der Waals surface area contributed by atoms with Crippen molar-refractivity contribution >= 4 is 17.5 Å². The van der Waals surface area contributed by atoms with Gasteiger partial charge in [-0.2, -0.15) is 0 Å². The van der Waals surface area contributed by atoms with Gasteiger partial charge in [0.15, 0.2) is 0 Å². The molecule has 98 valence electrons. The summed E-state index contributed by atoms with van der Waals surface area (Å²) in [4.78, 5) is 11.8. The van der Waals surface area contributed by atoms with E-state index < -0.39 is 0 Å². The van der Waals surface area contributed by atoms with Crippen LogP contribution in [0.5, 0.6) is 0 Å². The zero-order valence-corrected chi connectivity index (χ0v) is 11.3. The molecule has 1 aliphatic rings. The van der Waals surface area contributed by atoms with Crippen molar-refractivity contribution in [3.8, 4) is 0 Å². The van der Waals surface area contributed by atoms with E-state index in [-0.39, 0.29) is 11.9 Å². The average Bonchev–Trinajstić information content (AvgIpc) is 3.17. The van der Waals surface area contributed by atoms with Gasteiger partial charge < -0.3 is 10.6 Å². The average molecular weight is 267 g/mol. The van der Waals surface area contributed by atoms with Gasteiger partial charge in [0.2, 0.25) is 5.91 Å². The van der Waals surface area contributed by atoms with Crippen LogP contribution in [0.1, 0.15) is 37.8 Å². The standard InChI is InChI=1S/C14H19ClN2O/c1-2-13(10-4-3-5-11(15)8-10)17-14(18)9-16-12-6-7-12/h3-5,8,12-13,16H,2,6-7,9H2,1H3,(H,17,18). The summed E-state index contributed by atoms with van der Waals surface area (Å²) in [5.41, 5.74) is 1.06. The minimum Gasteiger partial charge on any atom is -0.348 e. The molecule has 0 heterocycles. The molecule has 2 N–H and O–H groups in total. The molecule has 1 aromatic carbocycles. The molecule has 2 rings (SSSR count). The van der Waals surface area contributed by atoms with Crippen molar-refractivity contribution in [3.63, 3.8) is 0 Å². The number of hydrogen-bond donors (Lipinski definition) is 2. The summed E-state index contributed by atoms with van der Waals surface area (Å²) in [6.07, 6.45) is 3.24. The highest BCUT2D eigenvalue weighted by atomic mass is 35.5. The second kappa shape index (κ2) is 6.21. The van der Waals surface area contributed by atoms with E-state index in [0.29, 0.717) is 17.6 Å². The van der Waals surface area contributed by atoms with Gasteiger partial charge in [0.25, 0.3) is 0 Å². The molecule has 0 aromatic heterocycles. The van der Waals surface area contributed by atoms with Crippen LogP contribution in [0, 0.1) is 0 Å². The summed E-state index contributed by atoms with van der Waals surface area (Å²) in [6, 6.07) is 8.25. The highest BCUT2D eigenvalue weighted by Gasteiger charge is 2.21. The maximum Gasteiger partial charge on any atom is 0.234 e. The SMILES string of the molecule is CCC(NC(=O)CNC1CC1)c1cccc(Cl)c1. The second-order valence-corrected chi connectivity index (χ2v) is 5.17. The van der Waals surface area contributed by atoms with Gasteiger partial charge in [-0.25, -0.2) is 0 Å². The summed E-state index contributed by atoms with van der Waals surface area (Å²) >= 11 is 5.97. The molecule has 0 spiro atoms. The smallest absolute Gasteiger partial charge is 0.234 e. The molecule has 1 atom stereocenters. The number of rotatable bonds is 6. The van der Waals surface area contributed by atoms with Gasteiger partial charge in [-0.3, -0.25) is 4.79 Å². The molecule has 4 heteroatoms. The van der Waals surface area contributed by atoms with Gasteiger partial charge in [0.05, 0.1) is 12.6 Å². The Morgan fingerprint density at radius 1 is 1.50 bits per heavy atom. The second-order valence-electron chi connectivity index (χ2n) is 4.74. The van der Waals surface area contributed by atoms with Crippen molar-refractivity contribution in [1.82, 2.24) is 10.6 Å². The van der Waals surface area contributed by atoms with E-state index in [1.165, 1.54) is 12.8 Å². The van der Waals surface area contributed by atoms with Gasteiger partial charge in [0.1, 0.15) is 0 Å². The first-order valence-electron chi connectivity index (χ1n) is 6.47. The van der Waals surface area contributed by atoms with Crippen molar-refractivity contribution in [2.75, 3.05) is 6.54 Å². The predicted molar refractivity (Wildman–Crippen MR) is 73.7 cm³/mol. The zero-order valence-electron chi connectivity index (χ0n) is 10.6. The van der Waals surface area contributed by atoms with Crippen LogP contribution in [0.4, 0.5) is 0 Å². The fraction of sp³-hybridized carbons (Fsp3) is 0.500. The molecule has 1 aliphatic carbocycles. The van der Waals surface area contributed by atoms with Crippen LogP contribution in [-0.2, 0) is 4.79 Å². The van der Waals surface area contributed by atoms with Gasteiger partial charge >= 0.3 is 0 Å². The Labute approximate surface area is 113 Å². The molecule has 18 heavy (non-hydrogen) atoms. The van der Waals surface area contributed by atoms with Gasteiger partial charge in [-0.1, -0.05) is 30.7 Å². The van der Waals surface area contributed by atoms with Crippen LogP contribution in [0.2, 0.25) is 5.02 Å². The van der Waals surface area contributed by atoms with Crippen molar-refractivity contribution in [2.45, 2.75) is 38.3 Å². The predicted octanol–water partition coefficient (Wildman–Crippen LogP) is 2.66. The topological polar surface area (TPSA) is 41.1 Å². The highest BCUT2D eigenvalue weighted by Crippen LogP contribution is 2.20. The zero-order chi connectivity index (χ0) is 13.0. The number of nitrogens with one attached hydrogen (secondary N) is 2. The molecule has 1 unspecified atom stereocenters. The quantitative estimate of drug-likeness (QED) is 0.831. The Morgan fingerprint density at radius 3 is 2.89 bits per heavy atom. The van der Waals surface area contributed by atoms with E-state index in [0.717, 1.165) is 12.0 Å². The number of halogens is 1. The molecule has 1 fully saturated rings. The largest absolute Gasteiger partial charge is 0.348 e. The molecular formula is C14H19ClN2O. The lowest BCUT2D eigenvalue weighted by Gasteiger charge is -2.18. The Balaban J connectivity index is 1.89. The third kappa shape index (κ3) is 4.00. The van der Waals surface area contributed by atoms with E-state index in [2.05, 4.69) is 17.6 Å². The van der Waals surface area contributed by atoms with Gasteiger partial charge in [0, 0.05) is 11.1 Å². The normalized spacial score (nSPS) is 16.3. The lowest BCUT2D eigenvalue weighted by molar-refractivity contribution is -0.121. The van der Waals surface area contributed by atoms with Gasteiger partial charge in [-0.05, 0) is 37.0 Å². The van der Waals surface area contributed by atoms with E-state index in [1.54, 1.807) is 0 Å². The number of amides is 1. The Morgan fingerprint density at radius 2 is 2.28 bits per heavy atom. The number of benzene rings is 1. The van der Waals surface area contributed by atoms with E-state index >= 15 is 0 Å². The van der Waals surface area contributed by atoms with E-state index in [1.807, 2.05) is 24.3 Å². The highest BCUT2D eigenvalue weighted by molar-refractivity contribution is 6.30. The molecule has 0 radical (unpaired) electrons. The molecule has 0 bridgehead atoms. The fourth-order valence-electron chi connectivity index (χ4n) is 1.91. The number of carbonyl (C=O) groups is 1. The summed E-state index contributed by atoms with van der Waals surface area (Å²) in [6.45, 7) is 2.46. The molecule has 1 amide bonds. The number of carbonyl (C=O) groups excluding carboxylic acids is 1. The monoisotopic (exact) mass is 266 g/mol. The minimum absolute atomic E-state index is 0.0391. The van der Waals surface area contributed by atoms with Crippen molar-refractivity contribution in [1.29, 1.82) is 0 Å². The van der Waals surface area contributed by atoms with E-state index in [9.17, 15) is 4.79 Å². The van der Waals surface area contributed by atoms with Gasteiger partial charge in [-0.15, -0.1) is 0 Å².